The molecule has 2 rings (SSSR count). The highest BCUT2D eigenvalue weighted by molar-refractivity contribution is 5.93. The Morgan fingerprint density at radius 2 is 1.52 bits per heavy atom. The third-order valence-corrected chi connectivity index (χ3v) is 4.82. The van der Waals surface area contributed by atoms with E-state index >= 15 is 0 Å². The number of benzene rings is 2. The van der Waals surface area contributed by atoms with E-state index in [9.17, 15) is 4.79 Å². The van der Waals surface area contributed by atoms with E-state index in [0.29, 0.717) is 12.1 Å². The molecule has 0 aliphatic heterocycles. The van der Waals surface area contributed by atoms with Crippen LogP contribution in [0.1, 0.15) is 47.8 Å². The van der Waals surface area contributed by atoms with Gasteiger partial charge in [-0.05, 0) is 40.7 Å². The lowest BCUT2D eigenvalue weighted by atomic mass is 9.86. The molecule has 0 aliphatic carbocycles. The SMILES string of the molecule is CN=C(NCCc1ccc(C(C)(C)C)cc1)NCc1ccc(C(=O)N(C)C)cc1. The van der Waals surface area contributed by atoms with Gasteiger partial charge in [0.05, 0.1) is 0 Å². The van der Waals surface area contributed by atoms with Crippen molar-refractivity contribution >= 4 is 11.9 Å². The number of hydrogen-bond donors (Lipinski definition) is 2. The van der Waals surface area contributed by atoms with Crippen molar-refractivity contribution in [2.75, 3.05) is 27.7 Å². The first kappa shape index (κ1) is 22.5. The Bertz CT molecular complexity index is 815. The summed E-state index contributed by atoms with van der Waals surface area (Å²) in [5.41, 5.74) is 4.63. The van der Waals surface area contributed by atoms with Crippen LogP contribution in [0.5, 0.6) is 0 Å². The second-order valence-corrected chi connectivity index (χ2v) is 8.45. The average molecular weight is 395 g/mol. The van der Waals surface area contributed by atoms with Crippen molar-refractivity contribution < 1.29 is 4.79 Å². The summed E-state index contributed by atoms with van der Waals surface area (Å²) in [6, 6.07) is 16.5. The van der Waals surface area contributed by atoms with Crippen molar-refractivity contribution in [1.82, 2.24) is 15.5 Å². The molecule has 29 heavy (non-hydrogen) atoms. The number of amides is 1. The van der Waals surface area contributed by atoms with Gasteiger partial charge in [-0.25, -0.2) is 0 Å². The molecule has 0 saturated heterocycles. The van der Waals surface area contributed by atoms with E-state index in [2.05, 4.69) is 60.7 Å². The zero-order valence-electron chi connectivity index (χ0n) is 18.5. The maximum atomic E-state index is 12.0. The molecule has 5 heteroatoms. The lowest BCUT2D eigenvalue weighted by molar-refractivity contribution is 0.0827. The van der Waals surface area contributed by atoms with Gasteiger partial charge in [-0.1, -0.05) is 57.2 Å². The second kappa shape index (κ2) is 10.1. The van der Waals surface area contributed by atoms with Crippen LogP contribution < -0.4 is 10.6 Å². The molecule has 0 saturated carbocycles. The van der Waals surface area contributed by atoms with E-state index in [1.54, 1.807) is 26.0 Å². The summed E-state index contributed by atoms with van der Waals surface area (Å²) in [5.74, 6) is 0.780. The van der Waals surface area contributed by atoms with Crippen molar-refractivity contribution in [2.24, 2.45) is 4.99 Å². The van der Waals surface area contributed by atoms with E-state index in [0.717, 1.165) is 24.5 Å². The predicted molar refractivity (Wildman–Crippen MR) is 122 cm³/mol. The maximum Gasteiger partial charge on any atom is 0.253 e. The summed E-state index contributed by atoms with van der Waals surface area (Å²) in [6.07, 6.45) is 0.937. The molecule has 0 aliphatic rings. The normalized spacial score (nSPS) is 11.9. The number of guanidine groups is 1. The number of hydrogen-bond acceptors (Lipinski definition) is 2. The summed E-state index contributed by atoms with van der Waals surface area (Å²) in [5, 5.41) is 6.67. The van der Waals surface area contributed by atoms with Crippen LogP contribution in [0.25, 0.3) is 0 Å². The molecule has 156 valence electrons. The zero-order chi connectivity index (χ0) is 21.4. The predicted octanol–water partition coefficient (Wildman–Crippen LogP) is 3.59. The highest BCUT2D eigenvalue weighted by atomic mass is 16.2. The van der Waals surface area contributed by atoms with Gasteiger partial charge in [0.15, 0.2) is 5.96 Å². The molecular weight excluding hydrogens is 360 g/mol. The fourth-order valence-electron chi connectivity index (χ4n) is 2.93. The summed E-state index contributed by atoms with van der Waals surface area (Å²) in [6.45, 7) is 8.15. The number of carbonyl (C=O) groups is 1. The average Bonchev–Trinajstić information content (AvgIpc) is 2.70. The molecule has 1 amide bonds. The van der Waals surface area contributed by atoms with Crippen molar-refractivity contribution in [1.29, 1.82) is 0 Å². The van der Waals surface area contributed by atoms with E-state index in [-0.39, 0.29) is 11.3 Å². The molecule has 0 heterocycles. The first-order valence-corrected chi connectivity index (χ1v) is 10.0. The molecule has 2 N–H and O–H groups in total. The molecule has 0 radical (unpaired) electrons. The Labute approximate surface area is 175 Å². The number of rotatable bonds is 6. The van der Waals surface area contributed by atoms with Gasteiger partial charge in [-0.15, -0.1) is 0 Å². The minimum Gasteiger partial charge on any atom is -0.356 e. The first-order chi connectivity index (χ1) is 13.7. The second-order valence-electron chi connectivity index (χ2n) is 8.45. The van der Waals surface area contributed by atoms with Crippen molar-refractivity contribution in [3.8, 4) is 0 Å². The zero-order valence-corrected chi connectivity index (χ0v) is 18.5. The highest BCUT2D eigenvalue weighted by Gasteiger charge is 2.12. The number of nitrogens with one attached hydrogen (secondary N) is 2. The van der Waals surface area contributed by atoms with Gasteiger partial charge in [0.1, 0.15) is 0 Å². The number of carbonyl (C=O) groups excluding carboxylic acids is 1. The molecule has 0 spiro atoms. The van der Waals surface area contributed by atoms with Gasteiger partial charge in [-0.3, -0.25) is 9.79 Å². The molecule has 5 nitrogen and oxygen atoms in total. The van der Waals surface area contributed by atoms with E-state index in [1.807, 2.05) is 24.3 Å². The van der Waals surface area contributed by atoms with Gasteiger partial charge in [0, 0.05) is 39.8 Å². The highest BCUT2D eigenvalue weighted by Crippen LogP contribution is 2.22. The van der Waals surface area contributed by atoms with E-state index in [1.165, 1.54) is 11.1 Å². The summed E-state index contributed by atoms with van der Waals surface area (Å²) >= 11 is 0. The van der Waals surface area contributed by atoms with Crippen LogP contribution in [0, 0.1) is 0 Å². The van der Waals surface area contributed by atoms with Crippen LogP contribution in [-0.2, 0) is 18.4 Å². The third kappa shape index (κ3) is 6.93. The van der Waals surface area contributed by atoms with Gasteiger partial charge >= 0.3 is 0 Å². The van der Waals surface area contributed by atoms with Crippen LogP contribution in [0.3, 0.4) is 0 Å². The molecular formula is C24H34N4O. The third-order valence-electron chi connectivity index (χ3n) is 4.82. The van der Waals surface area contributed by atoms with Crippen molar-refractivity contribution in [3.63, 3.8) is 0 Å². The monoisotopic (exact) mass is 394 g/mol. The lowest BCUT2D eigenvalue weighted by Gasteiger charge is -2.19. The smallest absolute Gasteiger partial charge is 0.253 e. The minimum absolute atomic E-state index is 0.0116. The summed E-state index contributed by atoms with van der Waals surface area (Å²) < 4.78 is 0. The van der Waals surface area contributed by atoms with E-state index in [4.69, 9.17) is 0 Å². The Hall–Kier alpha value is -2.82. The Kier molecular flexibility index (Phi) is 7.82. The fourth-order valence-corrected chi connectivity index (χ4v) is 2.93. The fraction of sp³-hybridized carbons (Fsp3) is 0.417. The van der Waals surface area contributed by atoms with Gasteiger partial charge in [-0.2, -0.15) is 0 Å². The molecule has 0 unspecified atom stereocenters. The van der Waals surface area contributed by atoms with Crippen LogP contribution in [0.15, 0.2) is 53.5 Å². The molecule has 0 fully saturated rings. The van der Waals surface area contributed by atoms with Gasteiger partial charge in [0.25, 0.3) is 5.91 Å². The Morgan fingerprint density at radius 1 is 0.931 bits per heavy atom. The molecule has 2 aromatic rings. The summed E-state index contributed by atoms with van der Waals surface area (Å²) in [7, 11) is 5.28. The Morgan fingerprint density at radius 3 is 2.03 bits per heavy atom. The first-order valence-electron chi connectivity index (χ1n) is 10.0. The standard InChI is InChI=1S/C24H34N4O/c1-24(2,3)21-13-9-18(10-14-21)15-16-26-23(25-4)27-17-19-7-11-20(12-8-19)22(29)28(5)6/h7-14H,15-17H2,1-6H3,(H2,25,26,27). The number of nitrogens with zero attached hydrogens (tertiary/aromatic N) is 2. The quantitative estimate of drug-likeness (QED) is 0.581. The lowest BCUT2D eigenvalue weighted by Crippen LogP contribution is -2.37. The van der Waals surface area contributed by atoms with Crippen LogP contribution >= 0.6 is 0 Å². The van der Waals surface area contributed by atoms with Crippen LogP contribution in [0.4, 0.5) is 0 Å². The number of aliphatic imine (C=N–C) groups is 1. The van der Waals surface area contributed by atoms with Crippen molar-refractivity contribution in [2.45, 2.75) is 39.2 Å². The molecule has 2 aromatic carbocycles. The van der Waals surface area contributed by atoms with Crippen molar-refractivity contribution in [3.05, 3.63) is 70.8 Å². The Balaban J connectivity index is 1.80. The summed E-state index contributed by atoms with van der Waals surface area (Å²) in [4.78, 5) is 17.8. The minimum atomic E-state index is 0.0116. The van der Waals surface area contributed by atoms with Crippen LogP contribution in [0.2, 0.25) is 0 Å². The largest absolute Gasteiger partial charge is 0.356 e. The van der Waals surface area contributed by atoms with Gasteiger partial charge in [0.2, 0.25) is 0 Å². The molecule has 0 atom stereocenters. The maximum absolute atomic E-state index is 12.0. The van der Waals surface area contributed by atoms with Crippen LogP contribution in [-0.4, -0.2) is 44.5 Å². The topological polar surface area (TPSA) is 56.7 Å². The van der Waals surface area contributed by atoms with E-state index < -0.39 is 0 Å². The van der Waals surface area contributed by atoms with Gasteiger partial charge < -0.3 is 15.5 Å². The molecule has 0 bridgehead atoms. The molecule has 0 aromatic heterocycles.